The van der Waals surface area contributed by atoms with E-state index in [2.05, 4.69) is 0 Å². The monoisotopic (exact) mass is 738 g/mol. The maximum absolute atomic E-state index is 15.5. The van der Waals surface area contributed by atoms with Gasteiger partial charge < -0.3 is 5.11 Å². The summed E-state index contributed by atoms with van der Waals surface area (Å²) in [6, 6.07) is 0. The first-order valence-corrected chi connectivity index (χ1v) is 9.98. The predicted molar refractivity (Wildman–Crippen MR) is 76.9 cm³/mol. The maximum Gasteiger partial charge on any atom is 0.460 e. The third kappa shape index (κ3) is 2.73. The predicted octanol–water partition coefficient (Wildman–Crippen LogP) is 7.44. The van der Waals surface area contributed by atoms with E-state index in [1.165, 1.54) is 0 Å². The summed E-state index contributed by atoms with van der Waals surface area (Å²) >= 11 is 0. The molecule has 29 heteroatoms. The molecule has 0 heterocycles. The highest BCUT2D eigenvalue weighted by Gasteiger charge is 3.25. The molecule has 0 aromatic heterocycles. The summed E-state index contributed by atoms with van der Waals surface area (Å²) in [7, 11) is 0. The second kappa shape index (κ2) is 7.84. The van der Waals surface area contributed by atoms with Crippen LogP contribution in [-0.4, -0.2) is 99.2 Å². The highest BCUT2D eigenvalue weighted by molar-refractivity contribution is 5.56. The molecule has 4 aliphatic rings. The molecule has 4 bridgehead atoms. The van der Waals surface area contributed by atoms with Crippen LogP contribution in [0.5, 0.6) is 0 Å². The molecule has 2 nitrogen and oxygen atoms in total. The minimum absolute atomic E-state index is 1.12. The van der Waals surface area contributed by atoms with Crippen LogP contribution in [0.15, 0.2) is 0 Å². The molecular formula is C16HF27O2. The van der Waals surface area contributed by atoms with Gasteiger partial charge in [-0.25, -0.2) is 17.6 Å². The lowest BCUT2D eigenvalue weighted by molar-refractivity contribution is -0.637. The number of hydrogen-bond donors (Lipinski definition) is 1. The van der Waals surface area contributed by atoms with Crippen molar-refractivity contribution in [3.8, 4) is 0 Å². The van der Waals surface area contributed by atoms with Crippen molar-refractivity contribution in [1.29, 1.82) is 0 Å². The summed E-state index contributed by atoms with van der Waals surface area (Å²) in [6.45, 7) is 0. The average molecular weight is 738 g/mol. The molecule has 0 aromatic rings. The van der Waals surface area contributed by atoms with E-state index in [9.17, 15) is 110 Å². The second-order valence-corrected chi connectivity index (χ2v) is 9.57. The molecule has 0 aliphatic heterocycles. The molecule has 0 radical (unpaired) electrons. The van der Waals surface area contributed by atoms with Crippen LogP contribution < -0.4 is 0 Å². The summed E-state index contributed by atoms with van der Waals surface area (Å²) < 4.78 is 382. The Morgan fingerprint density at radius 1 is 0.378 bits per heavy atom. The number of aliphatic hydroxyl groups is 1. The molecule has 0 saturated heterocycles. The molecule has 1 N–H and O–H groups in total. The summed E-state index contributed by atoms with van der Waals surface area (Å²) in [4.78, 5) is 0. The van der Waals surface area contributed by atoms with Crippen molar-refractivity contribution in [2.24, 2.45) is 0 Å². The zero-order valence-corrected chi connectivity index (χ0v) is 19.1. The fourth-order valence-corrected chi connectivity index (χ4v) is 5.30. The number of hydrogen-bond acceptors (Lipinski definition) is 2. The van der Waals surface area contributed by atoms with E-state index < -0.39 is 94.0 Å². The van der Waals surface area contributed by atoms with E-state index in [1.54, 1.807) is 0 Å². The standard InChI is InChI=1S/C16HF27O2/c17-1-5(14(36,37)38,45-16(42,43)13(35,44)11(31,32)12(33,34)15(39,40)41)2(18)8(25,26)3(19,6(1,21)22)10(29,30)4(20,7(1,23)24)9(2,27)28/h44H. The molecule has 1 atom stereocenters. The van der Waals surface area contributed by atoms with Crippen molar-refractivity contribution in [3.63, 3.8) is 0 Å². The Labute approximate surface area is 224 Å². The van der Waals surface area contributed by atoms with E-state index in [1.807, 2.05) is 0 Å². The Hall–Kier alpha value is -1.97. The average Bonchev–Trinajstić information content (AvgIpc) is 2.80. The lowest BCUT2D eigenvalue weighted by Gasteiger charge is -2.76. The van der Waals surface area contributed by atoms with Crippen molar-refractivity contribution in [2.45, 2.75) is 94.0 Å². The van der Waals surface area contributed by atoms with Gasteiger partial charge in [0, 0.05) is 0 Å². The normalized spacial score (nSPS) is 41.6. The summed E-state index contributed by atoms with van der Waals surface area (Å²) in [5.74, 6) is -72.2. The van der Waals surface area contributed by atoms with Gasteiger partial charge in [0.1, 0.15) is 0 Å². The summed E-state index contributed by atoms with van der Waals surface area (Å²) in [5.41, 5.74) is -46.2. The van der Waals surface area contributed by atoms with Gasteiger partial charge in [-0.15, -0.1) is 0 Å². The number of alkyl halides is 27. The first-order valence-electron chi connectivity index (χ1n) is 9.98. The molecule has 4 saturated carbocycles. The van der Waals surface area contributed by atoms with Crippen molar-refractivity contribution in [3.05, 3.63) is 0 Å². The first-order chi connectivity index (χ1) is 19.0. The van der Waals surface area contributed by atoms with Crippen LogP contribution >= 0.6 is 0 Å². The zero-order valence-electron chi connectivity index (χ0n) is 19.1. The molecule has 0 spiro atoms. The second-order valence-electron chi connectivity index (χ2n) is 9.57. The molecular weight excluding hydrogens is 737 g/mol. The fraction of sp³-hybridized carbons (Fsp3) is 1.00. The van der Waals surface area contributed by atoms with E-state index in [4.69, 9.17) is 5.11 Å². The minimum atomic E-state index is -9.62. The van der Waals surface area contributed by atoms with Gasteiger partial charge in [0.15, 0.2) is 0 Å². The van der Waals surface area contributed by atoms with E-state index in [0.29, 0.717) is 0 Å². The number of rotatable bonds is 5. The smallest absolute Gasteiger partial charge is 0.350 e. The lowest BCUT2D eigenvalue weighted by Crippen LogP contribution is -3.11. The SMILES string of the molecule is OC(F)(C(F)(F)OC1(C(F)(F)F)C2(F)C(F)(F)C3(F)C(F)(F)C(F)(C2(F)F)C(F)(F)C1(F)C3(F)F)C(F)(F)C(F)(F)C(F)(F)F. The Balaban J connectivity index is 2.67. The first kappa shape index (κ1) is 37.5. The number of halogens is 27. The molecule has 45 heavy (non-hydrogen) atoms. The molecule has 4 fully saturated rings. The molecule has 0 amide bonds. The summed E-state index contributed by atoms with van der Waals surface area (Å²) in [5, 5.41) is 8.47. The largest absolute Gasteiger partial charge is 0.460 e. The van der Waals surface area contributed by atoms with Crippen LogP contribution in [0.3, 0.4) is 0 Å². The Kier molecular flexibility index (Phi) is 6.53. The van der Waals surface area contributed by atoms with Gasteiger partial charge in [0.25, 0.3) is 16.9 Å². The Morgan fingerprint density at radius 3 is 0.844 bits per heavy atom. The van der Waals surface area contributed by atoms with E-state index in [0.717, 1.165) is 4.74 Å². The lowest BCUT2D eigenvalue weighted by atomic mass is 9.37. The Morgan fingerprint density at radius 2 is 0.622 bits per heavy atom. The van der Waals surface area contributed by atoms with Crippen LogP contribution in [0.25, 0.3) is 0 Å². The van der Waals surface area contributed by atoms with Crippen LogP contribution in [0.1, 0.15) is 0 Å². The molecule has 1 unspecified atom stereocenters. The molecule has 0 aromatic carbocycles. The third-order valence-corrected chi connectivity index (χ3v) is 7.53. The molecule has 266 valence electrons. The number of ether oxygens (including phenoxy) is 1. The fourth-order valence-electron chi connectivity index (χ4n) is 5.30. The van der Waals surface area contributed by atoms with Gasteiger partial charge in [-0.1, -0.05) is 0 Å². The zero-order chi connectivity index (χ0) is 36.7. The van der Waals surface area contributed by atoms with Gasteiger partial charge in [-0.05, 0) is 0 Å². The van der Waals surface area contributed by atoms with Crippen LogP contribution in [0, 0.1) is 0 Å². The van der Waals surface area contributed by atoms with Crippen LogP contribution in [0.2, 0.25) is 0 Å². The maximum atomic E-state index is 15.5. The highest BCUT2D eigenvalue weighted by atomic mass is 19.4. The van der Waals surface area contributed by atoms with Gasteiger partial charge in [-0.2, -0.15) is 101 Å². The van der Waals surface area contributed by atoms with Gasteiger partial charge in [0.2, 0.25) is 0 Å². The molecule has 4 aliphatic carbocycles. The Bertz CT molecular complexity index is 1180. The quantitative estimate of drug-likeness (QED) is 0.298. The van der Waals surface area contributed by atoms with Crippen molar-refractivity contribution >= 4 is 0 Å². The van der Waals surface area contributed by atoms with Crippen molar-refractivity contribution in [1.82, 2.24) is 0 Å². The van der Waals surface area contributed by atoms with E-state index in [-0.39, 0.29) is 0 Å². The van der Waals surface area contributed by atoms with Crippen molar-refractivity contribution < 1.29 is 128 Å². The molecule has 4 rings (SSSR count). The highest BCUT2D eigenvalue weighted by Crippen LogP contribution is 2.90. The summed E-state index contributed by atoms with van der Waals surface area (Å²) in [6.07, 6.45) is -26.8. The van der Waals surface area contributed by atoms with Crippen LogP contribution in [0.4, 0.5) is 119 Å². The van der Waals surface area contributed by atoms with Gasteiger partial charge in [-0.3, -0.25) is 4.74 Å². The van der Waals surface area contributed by atoms with Crippen LogP contribution in [-0.2, 0) is 4.74 Å². The third-order valence-electron chi connectivity index (χ3n) is 7.53. The van der Waals surface area contributed by atoms with Gasteiger partial charge >= 0.3 is 77.1 Å². The topological polar surface area (TPSA) is 29.5 Å². The van der Waals surface area contributed by atoms with E-state index >= 15 is 8.78 Å². The van der Waals surface area contributed by atoms with Gasteiger partial charge in [0.05, 0.1) is 0 Å². The minimum Gasteiger partial charge on any atom is -0.350 e. The van der Waals surface area contributed by atoms with Crippen molar-refractivity contribution in [2.75, 3.05) is 0 Å².